The van der Waals surface area contributed by atoms with Gasteiger partial charge in [-0.25, -0.2) is 4.98 Å². The van der Waals surface area contributed by atoms with Crippen molar-refractivity contribution in [3.8, 4) is 0 Å². The molecule has 5 heteroatoms. The second-order valence-electron chi connectivity index (χ2n) is 3.27. The van der Waals surface area contributed by atoms with Gasteiger partial charge in [0.1, 0.15) is 5.82 Å². The van der Waals surface area contributed by atoms with Crippen LogP contribution >= 0.6 is 15.9 Å². The number of rotatable bonds is 1. The van der Waals surface area contributed by atoms with Crippen LogP contribution in [0.5, 0.6) is 0 Å². The number of piperazine rings is 1. The fourth-order valence-electron chi connectivity index (χ4n) is 1.54. The van der Waals surface area contributed by atoms with E-state index in [0.29, 0.717) is 0 Å². The lowest BCUT2D eigenvalue weighted by Crippen LogP contribution is -2.44. The van der Waals surface area contributed by atoms with Gasteiger partial charge in [0.2, 0.25) is 0 Å². The number of nitrogens with zero attached hydrogens (tertiary/aromatic N) is 2. The van der Waals surface area contributed by atoms with Crippen molar-refractivity contribution < 1.29 is 0 Å². The highest BCUT2D eigenvalue weighted by atomic mass is 79.9. The Balaban J connectivity index is 2.26. The van der Waals surface area contributed by atoms with Crippen molar-refractivity contribution in [3.63, 3.8) is 0 Å². The summed E-state index contributed by atoms with van der Waals surface area (Å²) >= 11 is 3.47. The first-order valence-electron chi connectivity index (χ1n) is 4.64. The van der Waals surface area contributed by atoms with Crippen LogP contribution in [-0.2, 0) is 0 Å². The number of halogens is 1. The third-order valence-electron chi connectivity index (χ3n) is 2.32. The lowest BCUT2D eigenvalue weighted by molar-refractivity contribution is 0.584. The molecule has 3 N–H and O–H groups in total. The fourth-order valence-corrected chi connectivity index (χ4v) is 2.03. The van der Waals surface area contributed by atoms with E-state index in [-0.39, 0.29) is 0 Å². The third-order valence-corrected chi connectivity index (χ3v) is 3.13. The molecule has 14 heavy (non-hydrogen) atoms. The van der Waals surface area contributed by atoms with Crippen LogP contribution in [0, 0.1) is 0 Å². The van der Waals surface area contributed by atoms with Gasteiger partial charge in [0, 0.05) is 32.4 Å². The first-order chi connectivity index (χ1) is 6.79. The van der Waals surface area contributed by atoms with E-state index in [1.165, 1.54) is 0 Å². The van der Waals surface area contributed by atoms with Gasteiger partial charge in [0.15, 0.2) is 0 Å². The van der Waals surface area contributed by atoms with E-state index < -0.39 is 0 Å². The van der Waals surface area contributed by atoms with Crippen molar-refractivity contribution in [2.75, 3.05) is 36.8 Å². The lowest BCUT2D eigenvalue weighted by atomic mass is 10.3. The highest BCUT2D eigenvalue weighted by Gasteiger charge is 2.15. The fraction of sp³-hybridized carbons (Fsp3) is 0.444. The van der Waals surface area contributed by atoms with Crippen LogP contribution in [0.1, 0.15) is 0 Å². The average molecular weight is 257 g/mol. The van der Waals surface area contributed by atoms with Crippen LogP contribution in [0.15, 0.2) is 16.7 Å². The third kappa shape index (κ3) is 1.83. The maximum Gasteiger partial charge on any atom is 0.145 e. The monoisotopic (exact) mass is 256 g/mol. The maximum atomic E-state index is 5.80. The molecule has 1 saturated heterocycles. The molecule has 1 aliphatic rings. The first-order valence-corrected chi connectivity index (χ1v) is 5.44. The van der Waals surface area contributed by atoms with E-state index in [9.17, 15) is 0 Å². The molecule has 76 valence electrons. The molecule has 1 aromatic heterocycles. The van der Waals surface area contributed by atoms with E-state index >= 15 is 0 Å². The summed E-state index contributed by atoms with van der Waals surface area (Å²) in [7, 11) is 0. The number of hydrogen-bond donors (Lipinski definition) is 2. The van der Waals surface area contributed by atoms with E-state index in [0.717, 1.165) is 42.2 Å². The quantitative estimate of drug-likeness (QED) is 0.782. The highest BCUT2D eigenvalue weighted by molar-refractivity contribution is 9.10. The van der Waals surface area contributed by atoms with Crippen molar-refractivity contribution in [3.05, 3.63) is 16.7 Å². The minimum atomic E-state index is 0.744. The number of pyridine rings is 1. The van der Waals surface area contributed by atoms with Gasteiger partial charge >= 0.3 is 0 Å². The van der Waals surface area contributed by atoms with Gasteiger partial charge < -0.3 is 16.0 Å². The van der Waals surface area contributed by atoms with E-state index in [1.54, 1.807) is 12.3 Å². The molecule has 0 bridgehead atoms. The number of nitrogen functional groups attached to an aromatic ring is 1. The number of anilines is 2. The lowest BCUT2D eigenvalue weighted by Gasteiger charge is -2.29. The predicted molar refractivity (Wildman–Crippen MR) is 61.4 cm³/mol. The Morgan fingerprint density at radius 3 is 2.86 bits per heavy atom. The van der Waals surface area contributed by atoms with Gasteiger partial charge in [-0.3, -0.25) is 0 Å². The molecule has 4 nitrogen and oxygen atoms in total. The number of nitrogens with two attached hydrogens (primary N) is 1. The van der Waals surface area contributed by atoms with E-state index in [4.69, 9.17) is 5.73 Å². The SMILES string of the molecule is Nc1ccnc(N2CCNCC2)c1Br. The Hall–Kier alpha value is -0.810. The summed E-state index contributed by atoms with van der Waals surface area (Å²) in [5.74, 6) is 0.950. The van der Waals surface area contributed by atoms with Crippen molar-refractivity contribution in [2.24, 2.45) is 0 Å². The minimum Gasteiger partial charge on any atom is -0.398 e. The van der Waals surface area contributed by atoms with Gasteiger partial charge in [-0.15, -0.1) is 0 Å². The summed E-state index contributed by atoms with van der Waals surface area (Å²) in [5, 5.41) is 3.30. The Bertz CT molecular complexity index is 323. The molecule has 1 fully saturated rings. The summed E-state index contributed by atoms with van der Waals surface area (Å²) in [4.78, 5) is 6.57. The standard InChI is InChI=1S/C9H13BrN4/c10-8-7(11)1-2-13-9(8)14-5-3-12-4-6-14/h1-2,12H,3-6H2,(H2,11,13). The Morgan fingerprint density at radius 1 is 1.43 bits per heavy atom. The summed E-state index contributed by atoms with van der Waals surface area (Å²) in [6.45, 7) is 3.97. The molecule has 2 rings (SSSR count). The second-order valence-corrected chi connectivity index (χ2v) is 4.07. The molecule has 2 heterocycles. The Morgan fingerprint density at radius 2 is 2.14 bits per heavy atom. The van der Waals surface area contributed by atoms with Crippen LogP contribution in [0.4, 0.5) is 11.5 Å². The van der Waals surface area contributed by atoms with Crippen LogP contribution in [-0.4, -0.2) is 31.2 Å². The topological polar surface area (TPSA) is 54.2 Å². The molecule has 0 amide bonds. The van der Waals surface area contributed by atoms with Crippen molar-refractivity contribution in [1.82, 2.24) is 10.3 Å². The van der Waals surface area contributed by atoms with Gasteiger partial charge in [-0.1, -0.05) is 0 Å². The predicted octanol–water partition coefficient (Wildman–Crippen LogP) is 0.836. The van der Waals surface area contributed by atoms with Gasteiger partial charge in [-0.2, -0.15) is 0 Å². The Labute approximate surface area is 91.6 Å². The molecule has 0 aliphatic carbocycles. The summed E-state index contributed by atoms with van der Waals surface area (Å²) < 4.78 is 0.905. The molecule has 1 aromatic rings. The van der Waals surface area contributed by atoms with Crippen LogP contribution in [0.2, 0.25) is 0 Å². The zero-order valence-corrected chi connectivity index (χ0v) is 9.42. The first kappa shape index (κ1) is 9.73. The van der Waals surface area contributed by atoms with Crippen molar-refractivity contribution in [2.45, 2.75) is 0 Å². The van der Waals surface area contributed by atoms with E-state index in [1.807, 2.05) is 0 Å². The molecule has 0 atom stereocenters. The zero-order valence-electron chi connectivity index (χ0n) is 7.83. The molecule has 0 spiro atoms. The molecule has 1 aliphatic heterocycles. The average Bonchev–Trinajstić information content (AvgIpc) is 2.23. The number of aromatic nitrogens is 1. The van der Waals surface area contributed by atoms with Crippen molar-refractivity contribution in [1.29, 1.82) is 0 Å². The summed E-state index contributed by atoms with van der Waals surface area (Å²) in [6.07, 6.45) is 1.75. The van der Waals surface area contributed by atoms with Crippen LogP contribution < -0.4 is 16.0 Å². The molecule has 0 aromatic carbocycles. The highest BCUT2D eigenvalue weighted by Crippen LogP contribution is 2.28. The van der Waals surface area contributed by atoms with Crippen molar-refractivity contribution >= 4 is 27.4 Å². The van der Waals surface area contributed by atoms with Crippen LogP contribution in [0.25, 0.3) is 0 Å². The Kier molecular flexibility index (Phi) is 2.88. The second kappa shape index (κ2) is 4.14. The van der Waals surface area contributed by atoms with Gasteiger partial charge in [0.25, 0.3) is 0 Å². The molecular formula is C9H13BrN4. The normalized spacial score (nSPS) is 17.1. The van der Waals surface area contributed by atoms with Gasteiger partial charge in [-0.05, 0) is 22.0 Å². The molecular weight excluding hydrogens is 244 g/mol. The largest absolute Gasteiger partial charge is 0.398 e. The zero-order chi connectivity index (χ0) is 9.97. The molecule has 0 unspecified atom stereocenters. The smallest absolute Gasteiger partial charge is 0.145 e. The molecule has 0 radical (unpaired) electrons. The minimum absolute atomic E-state index is 0.744. The summed E-state index contributed by atoms with van der Waals surface area (Å²) in [5.41, 5.74) is 6.54. The summed E-state index contributed by atoms with van der Waals surface area (Å²) in [6, 6.07) is 1.80. The maximum absolute atomic E-state index is 5.80. The number of nitrogens with one attached hydrogen (secondary N) is 1. The van der Waals surface area contributed by atoms with Gasteiger partial charge in [0.05, 0.1) is 10.2 Å². The number of hydrogen-bond acceptors (Lipinski definition) is 4. The van der Waals surface area contributed by atoms with E-state index in [2.05, 4.69) is 31.1 Å². The van der Waals surface area contributed by atoms with Crippen LogP contribution in [0.3, 0.4) is 0 Å². The molecule has 0 saturated carbocycles.